The molecule has 2 aromatic rings. The van der Waals surface area contributed by atoms with Crippen molar-refractivity contribution in [3.05, 3.63) is 59.1 Å². The Kier molecular flexibility index (Phi) is 6.13. The van der Waals surface area contributed by atoms with Crippen molar-refractivity contribution in [1.82, 2.24) is 4.90 Å². The van der Waals surface area contributed by atoms with Crippen LogP contribution in [0.25, 0.3) is 0 Å². The molecule has 2 atom stereocenters. The van der Waals surface area contributed by atoms with Gasteiger partial charge in [0.2, 0.25) is 0 Å². The predicted molar refractivity (Wildman–Crippen MR) is 95.1 cm³/mol. The third-order valence-corrected chi connectivity index (χ3v) is 4.31. The first kappa shape index (κ1) is 18.0. The lowest BCUT2D eigenvalue weighted by Gasteiger charge is -2.17. The summed E-state index contributed by atoms with van der Waals surface area (Å²) in [5, 5.41) is 10.9. The Balaban J connectivity index is 1.54. The van der Waals surface area contributed by atoms with Crippen molar-refractivity contribution in [2.45, 2.75) is 18.8 Å². The lowest BCUT2D eigenvalue weighted by atomic mass is 10.2. The standard InChI is InChI=1S/C19H21ClFNO3/c20-15-2-1-3-17(10-15)25-19-13-22(12-18(19)23)11-14-4-6-16(7-5-14)24-9-8-21/h1-7,10,18-19,23H,8-9,11-13H2/t18-,19-/m0/s1. The molecule has 1 aliphatic heterocycles. The van der Waals surface area contributed by atoms with Crippen LogP contribution in [-0.2, 0) is 6.54 Å². The first-order chi connectivity index (χ1) is 12.1. The van der Waals surface area contributed by atoms with Crippen molar-refractivity contribution in [3.63, 3.8) is 0 Å². The van der Waals surface area contributed by atoms with Crippen molar-refractivity contribution >= 4 is 11.6 Å². The molecule has 2 aromatic carbocycles. The van der Waals surface area contributed by atoms with Gasteiger partial charge in [-0.05, 0) is 35.9 Å². The molecular weight excluding hydrogens is 345 g/mol. The van der Waals surface area contributed by atoms with E-state index in [4.69, 9.17) is 21.1 Å². The molecule has 0 unspecified atom stereocenters. The maximum absolute atomic E-state index is 12.1. The lowest BCUT2D eigenvalue weighted by molar-refractivity contribution is 0.0737. The number of benzene rings is 2. The molecule has 0 bridgehead atoms. The molecule has 0 aliphatic carbocycles. The number of halogens is 2. The molecule has 0 amide bonds. The molecule has 1 aliphatic rings. The van der Waals surface area contributed by atoms with Gasteiger partial charge in [0.05, 0.1) is 0 Å². The average Bonchev–Trinajstić information content (AvgIpc) is 2.93. The van der Waals surface area contributed by atoms with E-state index in [1.807, 2.05) is 36.4 Å². The van der Waals surface area contributed by atoms with Gasteiger partial charge in [0.25, 0.3) is 0 Å². The van der Waals surface area contributed by atoms with Gasteiger partial charge in [-0.15, -0.1) is 0 Å². The molecule has 0 saturated carbocycles. The number of aliphatic hydroxyl groups excluding tert-OH is 1. The minimum atomic E-state index is -0.550. The number of β-amino-alcohol motifs (C(OH)–C–C–N with tert-alkyl or cyclic N) is 1. The number of nitrogens with zero attached hydrogens (tertiary/aromatic N) is 1. The Labute approximate surface area is 151 Å². The molecule has 1 N–H and O–H groups in total. The van der Waals surface area contributed by atoms with E-state index in [1.165, 1.54) is 0 Å². The van der Waals surface area contributed by atoms with E-state index in [0.717, 1.165) is 5.56 Å². The third kappa shape index (κ3) is 5.08. The molecule has 0 spiro atoms. The molecule has 134 valence electrons. The van der Waals surface area contributed by atoms with Crippen LogP contribution in [0.2, 0.25) is 5.02 Å². The summed E-state index contributed by atoms with van der Waals surface area (Å²) >= 11 is 5.96. The summed E-state index contributed by atoms with van der Waals surface area (Å²) in [5.74, 6) is 1.32. The third-order valence-electron chi connectivity index (χ3n) is 4.07. The minimum Gasteiger partial charge on any atom is -0.491 e. The Bertz CT molecular complexity index is 683. The Morgan fingerprint density at radius 3 is 2.64 bits per heavy atom. The molecule has 0 aromatic heterocycles. The number of likely N-dealkylation sites (tertiary alicyclic amines) is 1. The number of rotatable bonds is 7. The second-order valence-electron chi connectivity index (χ2n) is 6.06. The first-order valence-corrected chi connectivity index (χ1v) is 8.62. The summed E-state index contributed by atoms with van der Waals surface area (Å²) in [7, 11) is 0. The molecule has 6 heteroatoms. The largest absolute Gasteiger partial charge is 0.491 e. The van der Waals surface area contributed by atoms with Crippen LogP contribution in [-0.4, -0.2) is 48.6 Å². The normalized spacial score (nSPS) is 20.6. The van der Waals surface area contributed by atoms with E-state index in [0.29, 0.717) is 36.2 Å². The Morgan fingerprint density at radius 1 is 1.12 bits per heavy atom. The number of ether oxygens (including phenoxy) is 2. The smallest absolute Gasteiger partial charge is 0.138 e. The second kappa shape index (κ2) is 8.52. The van der Waals surface area contributed by atoms with Crippen molar-refractivity contribution in [2.75, 3.05) is 26.4 Å². The molecule has 1 heterocycles. The highest BCUT2D eigenvalue weighted by molar-refractivity contribution is 6.30. The van der Waals surface area contributed by atoms with Crippen molar-refractivity contribution in [2.24, 2.45) is 0 Å². The Morgan fingerprint density at radius 2 is 1.92 bits per heavy atom. The summed E-state index contributed by atoms with van der Waals surface area (Å²) in [5.41, 5.74) is 1.10. The van der Waals surface area contributed by atoms with Crippen LogP contribution < -0.4 is 9.47 Å². The van der Waals surface area contributed by atoms with Crippen LogP contribution in [0.4, 0.5) is 4.39 Å². The predicted octanol–water partition coefficient (Wildman–Crippen LogP) is 3.31. The van der Waals surface area contributed by atoms with E-state index in [9.17, 15) is 9.50 Å². The lowest BCUT2D eigenvalue weighted by Crippen LogP contribution is -2.29. The highest BCUT2D eigenvalue weighted by Gasteiger charge is 2.32. The van der Waals surface area contributed by atoms with E-state index < -0.39 is 12.8 Å². The fraction of sp³-hybridized carbons (Fsp3) is 0.368. The van der Waals surface area contributed by atoms with Crippen LogP contribution >= 0.6 is 11.6 Å². The van der Waals surface area contributed by atoms with Gasteiger partial charge in [0, 0.05) is 24.7 Å². The second-order valence-corrected chi connectivity index (χ2v) is 6.49. The maximum atomic E-state index is 12.1. The van der Waals surface area contributed by atoms with Gasteiger partial charge >= 0.3 is 0 Å². The molecular formula is C19H21ClFNO3. The van der Waals surface area contributed by atoms with Crippen molar-refractivity contribution in [1.29, 1.82) is 0 Å². The summed E-state index contributed by atoms with van der Waals surface area (Å²) in [6.07, 6.45) is -0.836. The molecule has 3 rings (SSSR count). The average molecular weight is 366 g/mol. The number of hydrogen-bond donors (Lipinski definition) is 1. The van der Waals surface area contributed by atoms with Crippen molar-refractivity contribution in [3.8, 4) is 11.5 Å². The van der Waals surface area contributed by atoms with Crippen LogP contribution in [0.5, 0.6) is 11.5 Å². The highest BCUT2D eigenvalue weighted by atomic mass is 35.5. The molecule has 25 heavy (non-hydrogen) atoms. The minimum absolute atomic E-state index is 0.0696. The molecule has 1 saturated heterocycles. The molecule has 1 fully saturated rings. The number of alkyl halides is 1. The topological polar surface area (TPSA) is 41.9 Å². The quantitative estimate of drug-likeness (QED) is 0.817. The highest BCUT2D eigenvalue weighted by Crippen LogP contribution is 2.23. The molecule has 0 radical (unpaired) electrons. The summed E-state index contributed by atoms with van der Waals surface area (Å²) in [4.78, 5) is 2.14. The van der Waals surface area contributed by atoms with E-state index in [-0.39, 0.29) is 12.7 Å². The SMILES string of the molecule is O[C@H]1CN(Cc2ccc(OCCF)cc2)C[C@@H]1Oc1cccc(Cl)c1. The van der Waals surface area contributed by atoms with E-state index >= 15 is 0 Å². The number of aliphatic hydroxyl groups is 1. The van der Waals surface area contributed by atoms with Gasteiger partial charge < -0.3 is 14.6 Å². The Hall–Kier alpha value is -1.82. The van der Waals surface area contributed by atoms with Crippen molar-refractivity contribution < 1.29 is 19.0 Å². The fourth-order valence-corrected chi connectivity index (χ4v) is 3.08. The van der Waals surface area contributed by atoms with Crippen LogP contribution in [0.3, 0.4) is 0 Å². The first-order valence-electron chi connectivity index (χ1n) is 8.24. The summed E-state index contributed by atoms with van der Waals surface area (Å²) in [6, 6.07) is 14.7. The van der Waals surface area contributed by atoms with Gasteiger partial charge in [0.1, 0.15) is 37.0 Å². The van der Waals surface area contributed by atoms with Gasteiger partial charge in [0.15, 0.2) is 0 Å². The van der Waals surface area contributed by atoms with Crippen LogP contribution in [0.15, 0.2) is 48.5 Å². The number of hydrogen-bond acceptors (Lipinski definition) is 4. The van der Waals surface area contributed by atoms with Gasteiger partial charge in [-0.25, -0.2) is 4.39 Å². The zero-order valence-electron chi connectivity index (χ0n) is 13.8. The maximum Gasteiger partial charge on any atom is 0.138 e. The van der Waals surface area contributed by atoms with Gasteiger partial charge in [-0.1, -0.05) is 29.8 Å². The fourth-order valence-electron chi connectivity index (χ4n) is 2.90. The zero-order chi connectivity index (χ0) is 17.6. The molecule has 4 nitrogen and oxygen atoms in total. The zero-order valence-corrected chi connectivity index (χ0v) is 14.5. The van der Waals surface area contributed by atoms with E-state index in [2.05, 4.69) is 4.90 Å². The summed E-state index contributed by atoms with van der Waals surface area (Å²) < 4.78 is 23.2. The summed E-state index contributed by atoms with van der Waals surface area (Å²) in [6.45, 7) is 1.45. The van der Waals surface area contributed by atoms with Gasteiger partial charge in [-0.3, -0.25) is 4.90 Å². The monoisotopic (exact) mass is 365 g/mol. The van der Waals surface area contributed by atoms with Crippen LogP contribution in [0, 0.1) is 0 Å². The van der Waals surface area contributed by atoms with Gasteiger partial charge in [-0.2, -0.15) is 0 Å². The van der Waals surface area contributed by atoms with Crippen LogP contribution in [0.1, 0.15) is 5.56 Å². The van der Waals surface area contributed by atoms with E-state index in [1.54, 1.807) is 12.1 Å².